The Bertz CT molecular complexity index is 881. The molecule has 0 saturated heterocycles. The number of benzene rings is 1. The molecule has 158 valence electrons. The molecule has 1 aromatic carbocycles. The van der Waals surface area contributed by atoms with Crippen LogP contribution >= 0.6 is 11.6 Å². The van der Waals surface area contributed by atoms with Gasteiger partial charge in [0.1, 0.15) is 10.7 Å². The number of methoxy groups -OCH3 is 2. The van der Waals surface area contributed by atoms with Crippen molar-refractivity contribution in [2.75, 3.05) is 19.5 Å². The molecule has 1 N–H and O–H groups in total. The molecular formula is C20H26ClN3O5. The summed E-state index contributed by atoms with van der Waals surface area (Å²) in [5, 5.41) is 7.18. The van der Waals surface area contributed by atoms with E-state index >= 15 is 0 Å². The number of hydrogen-bond acceptors (Lipinski definition) is 6. The number of carbonyl (C=O) groups is 2. The average molecular weight is 424 g/mol. The zero-order chi connectivity index (χ0) is 21.6. The molecule has 0 aliphatic rings. The fraction of sp³-hybridized carbons (Fsp3) is 0.450. The van der Waals surface area contributed by atoms with Crippen molar-refractivity contribution in [3.05, 3.63) is 34.6 Å². The summed E-state index contributed by atoms with van der Waals surface area (Å²) in [6.45, 7) is 5.83. The van der Waals surface area contributed by atoms with E-state index in [-0.39, 0.29) is 10.7 Å². The smallest absolute Gasteiger partial charge is 0.343 e. The number of halogens is 1. The van der Waals surface area contributed by atoms with Crippen molar-refractivity contribution < 1.29 is 23.8 Å². The first-order valence-corrected chi connectivity index (χ1v) is 9.66. The zero-order valence-electron chi connectivity index (χ0n) is 17.2. The van der Waals surface area contributed by atoms with Gasteiger partial charge in [-0.25, -0.2) is 4.79 Å². The van der Waals surface area contributed by atoms with E-state index in [0.29, 0.717) is 29.4 Å². The predicted molar refractivity (Wildman–Crippen MR) is 110 cm³/mol. The number of carbonyl (C=O) groups excluding carboxylic acids is 2. The highest BCUT2D eigenvalue weighted by Crippen LogP contribution is 2.30. The van der Waals surface area contributed by atoms with Crippen LogP contribution < -0.4 is 14.8 Å². The van der Waals surface area contributed by atoms with Gasteiger partial charge in [-0.05, 0) is 32.4 Å². The third kappa shape index (κ3) is 5.41. The molecular weight excluding hydrogens is 398 g/mol. The molecule has 0 fully saturated rings. The maximum absolute atomic E-state index is 12.5. The minimum absolute atomic E-state index is 0.175. The second-order valence-corrected chi connectivity index (χ2v) is 6.79. The number of aryl methyl sites for hydroxylation is 2. The van der Waals surface area contributed by atoms with Gasteiger partial charge in [0.15, 0.2) is 17.6 Å². The molecule has 0 unspecified atom stereocenters. The summed E-state index contributed by atoms with van der Waals surface area (Å²) in [6, 6.07) is 4.94. The Labute approximate surface area is 175 Å². The Kier molecular flexibility index (Phi) is 7.90. The quantitative estimate of drug-likeness (QED) is 0.616. The van der Waals surface area contributed by atoms with Crippen molar-refractivity contribution >= 4 is 29.2 Å². The molecule has 0 spiro atoms. The molecule has 0 aliphatic heterocycles. The Morgan fingerprint density at radius 3 is 2.55 bits per heavy atom. The highest BCUT2D eigenvalue weighted by atomic mass is 35.5. The number of aromatic nitrogens is 2. The van der Waals surface area contributed by atoms with Gasteiger partial charge in [-0.15, -0.1) is 0 Å². The van der Waals surface area contributed by atoms with Gasteiger partial charge in [-0.3, -0.25) is 9.48 Å². The molecule has 9 heteroatoms. The first-order chi connectivity index (χ1) is 13.8. The van der Waals surface area contributed by atoms with E-state index in [1.807, 2.05) is 0 Å². The van der Waals surface area contributed by atoms with E-state index < -0.39 is 18.0 Å². The van der Waals surface area contributed by atoms with Crippen LogP contribution in [-0.2, 0) is 16.1 Å². The van der Waals surface area contributed by atoms with Crippen LogP contribution in [0.5, 0.6) is 11.5 Å². The predicted octanol–water partition coefficient (Wildman–Crippen LogP) is 3.85. The molecule has 0 bridgehead atoms. The van der Waals surface area contributed by atoms with E-state index in [1.54, 1.807) is 29.8 Å². The van der Waals surface area contributed by atoms with Crippen LogP contribution in [0.15, 0.2) is 18.2 Å². The van der Waals surface area contributed by atoms with Crippen molar-refractivity contribution in [3.8, 4) is 11.5 Å². The highest BCUT2D eigenvalue weighted by Gasteiger charge is 2.25. The standard InChI is InChI=1S/C20H26ClN3O5/c1-6-7-10-24-18(21)17(12(2)23-24)20(26)29-13(3)19(25)22-14-8-9-15(27-4)16(11-14)28-5/h8-9,11,13H,6-7,10H2,1-5H3,(H,22,25)/t13-/m0/s1. The van der Waals surface area contributed by atoms with E-state index in [9.17, 15) is 9.59 Å². The van der Waals surface area contributed by atoms with Gasteiger partial charge in [0.2, 0.25) is 0 Å². The van der Waals surface area contributed by atoms with E-state index in [2.05, 4.69) is 17.3 Å². The van der Waals surface area contributed by atoms with Crippen LogP contribution in [0.4, 0.5) is 5.69 Å². The summed E-state index contributed by atoms with van der Waals surface area (Å²) in [6.07, 6.45) is 0.826. The zero-order valence-corrected chi connectivity index (χ0v) is 18.0. The van der Waals surface area contributed by atoms with Gasteiger partial charge in [-0.2, -0.15) is 5.10 Å². The lowest BCUT2D eigenvalue weighted by atomic mass is 10.2. The third-order valence-electron chi connectivity index (χ3n) is 4.30. The van der Waals surface area contributed by atoms with Crippen LogP contribution in [0.25, 0.3) is 0 Å². The summed E-state index contributed by atoms with van der Waals surface area (Å²) < 4.78 is 17.3. The van der Waals surface area contributed by atoms with E-state index in [0.717, 1.165) is 12.8 Å². The van der Waals surface area contributed by atoms with Crippen LogP contribution in [0.2, 0.25) is 5.15 Å². The Hall–Kier alpha value is -2.74. The lowest BCUT2D eigenvalue weighted by Gasteiger charge is -2.15. The van der Waals surface area contributed by atoms with Crippen molar-refractivity contribution in [3.63, 3.8) is 0 Å². The summed E-state index contributed by atoms with van der Waals surface area (Å²) in [5.41, 5.74) is 1.12. The van der Waals surface area contributed by atoms with Gasteiger partial charge < -0.3 is 19.5 Å². The topological polar surface area (TPSA) is 91.7 Å². The largest absolute Gasteiger partial charge is 0.493 e. The maximum atomic E-state index is 12.5. The molecule has 1 heterocycles. The van der Waals surface area contributed by atoms with Crippen LogP contribution in [0.3, 0.4) is 0 Å². The van der Waals surface area contributed by atoms with E-state index in [4.69, 9.17) is 25.8 Å². The molecule has 2 rings (SSSR count). The molecule has 0 saturated carbocycles. The molecule has 2 aromatic rings. The maximum Gasteiger partial charge on any atom is 0.343 e. The van der Waals surface area contributed by atoms with Crippen LogP contribution in [-0.4, -0.2) is 42.0 Å². The fourth-order valence-electron chi connectivity index (χ4n) is 2.67. The molecule has 1 atom stereocenters. The number of ether oxygens (including phenoxy) is 3. The summed E-state index contributed by atoms with van der Waals surface area (Å²) in [7, 11) is 3.02. The van der Waals surface area contributed by atoms with Gasteiger partial charge in [0.25, 0.3) is 5.91 Å². The van der Waals surface area contributed by atoms with Gasteiger partial charge in [-0.1, -0.05) is 24.9 Å². The third-order valence-corrected chi connectivity index (χ3v) is 4.68. The summed E-state index contributed by atoms with van der Waals surface area (Å²) >= 11 is 6.29. The van der Waals surface area contributed by atoms with Gasteiger partial charge >= 0.3 is 5.97 Å². The second kappa shape index (κ2) is 10.2. The minimum atomic E-state index is -1.04. The number of unbranched alkanes of at least 4 members (excludes halogenated alkanes) is 1. The Morgan fingerprint density at radius 1 is 1.24 bits per heavy atom. The number of nitrogens with one attached hydrogen (secondary N) is 1. The Balaban J connectivity index is 2.06. The summed E-state index contributed by atoms with van der Waals surface area (Å²) in [5.74, 6) is -0.171. The van der Waals surface area contributed by atoms with E-state index in [1.165, 1.54) is 21.1 Å². The number of hydrogen-bond donors (Lipinski definition) is 1. The minimum Gasteiger partial charge on any atom is -0.493 e. The van der Waals surface area contributed by atoms with Crippen molar-refractivity contribution in [1.82, 2.24) is 9.78 Å². The number of amides is 1. The number of rotatable bonds is 9. The van der Waals surface area contributed by atoms with Gasteiger partial charge in [0.05, 0.1) is 19.9 Å². The number of esters is 1. The Morgan fingerprint density at radius 2 is 1.93 bits per heavy atom. The van der Waals surface area contributed by atoms with Crippen molar-refractivity contribution in [2.24, 2.45) is 0 Å². The molecule has 1 amide bonds. The molecule has 8 nitrogen and oxygen atoms in total. The lowest BCUT2D eigenvalue weighted by Crippen LogP contribution is -2.30. The average Bonchev–Trinajstić information content (AvgIpc) is 2.99. The number of anilines is 1. The molecule has 0 aliphatic carbocycles. The van der Waals surface area contributed by atoms with Gasteiger partial charge in [0, 0.05) is 18.3 Å². The lowest BCUT2D eigenvalue weighted by molar-refractivity contribution is -0.123. The second-order valence-electron chi connectivity index (χ2n) is 6.43. The van der Waals surface area contributed by atoms with Crippen LogP contribution in [0, 0.1) is 6.92 Å². The molecule has 1 aromatic heterocycles. The highest BCUT2D eigenvalue weighted by molar-refractivity contribution is 6.32. The molecule has 0 radical (unpaired) electrons. The van der Waals surface area contributed by atoms with Crippen molar-refractivity contribution in [1.29, 1.82) is 0 Å². The summed E-state index contributed by atoms with van der Waals surface area (Å²) in [4.78, 5) is 25.0. The fourth-order valence-corrected chi connectivity index (χ4v) is 3.01. The van der Waals surface area contributed by atoms with Crippen molar-refractivity contribution in [2.45, 2.75) is 46.3 Å². The van der Waals surface area contributed by atoms with Crippen LogP contribution in [0.1, 0.15) is 42.7 Å². The first kappa shape index (κ1) is 22.5. The first-order valence-electron chi connectivity index (χ1n) is 9.29. The molecule has 29 heavy (non-hydrogen) atoms. The monoisotopic (exact) mass is 423 g/mol. The number of nitrogens with zero attached hydrogens (tertiary/aromatic N) is 2. The SMILES string of the molecule is CCCCn1nc(C)c(C(=O)O[C@@H](C)C(=O)Nc2ccc(OC)c(OC)c2)c1Cl. The normalized spacial score (nSPS) is 11.7.